The van der Waals surface area contributed by atoms with Gasteiger partial charge in [0.05, 0.1) is 0 Å². The van der Waals surface area contributed by atoms with Crippen molar-refractivity contribution in [2.45, 2.75) is 32.0 Å². The van der Waals surface area contributed by atoms with E-state index in [0.717, 1.165) is 17.7 Å². The highest BCUT2D eigenvalue weighted by Gasteiger charge is 2.15. The van der Waals surface area contributed by atoms with Crippen LogP contribution in [0.15, 0.2) is 108 Å². The highest BCUT2D eigenvalue weighted by atomic mass is 32.2. The van der Waals surface area contributed by atoms with Crippen LogP contribution in [0.5, 0.6) is 5.75 Å². The summed E-state index contributed by atoms with van der Waals surface area (Å²) in [6.07, 6.45) is 0.573. The largest absolute Gasteiger partial charge is 0.488 e. The van der Waals surface area contributed by atoms with E-state index < -0.39 is 5.97 Å². The number of carbonyl (C=O) groups excluding carboxylic acids is 2. The predicted octanol–water partition coefficient (Wildman–Crippen LogP) is 7.14. The number of hydrogen-bond acceptors (Lipinski definition) is 6. The zero-order chi connectivity index (χ0) is 27.9. The molecule has 0 fully saturated rings. The van der Waals surface area contributed by atoms with Gasteiger partial charge in [0, 0.05) is 23.2 Å². The van der Waals surface area contributed by atoms with Gasteiger partial charge in [0.15, 0.2) is 0 Å². The van der Waals surface area contributed by atoms with Crippen molar-refractivity contribution < 1.29 is 19.1 Å². The average Bonchev–Trinajstić information content (AvgIpc) is 2.97. The molecule has 1 amide bonds. The van der Waals surface area contributed by atoms with Crippen molar-refractivity contribution >= 4 is 30.0 Å². The minimum absolute atomic E-state index is 0.173. The molecule has 0 spiro atoms. The lowest BCUT2D eigenvalue weighted by Crippen LogP contribution is -2.09. The Balaban J connectivity index is 0.000000293. The molecule has 4 rings (SSSR count). The standard InChI is InChI=1S/C22H19NO4.C10H15NS/c24-16-23-19-11-12-20(22(25)27-15-18-9-5-2-6-10-18)21(13-19)26-14-17-7-3-1-4-8-17;1-4-11(3)12-10-7-5-9(2)6-8-10/h1-13,16H,14-15H2,(H,23,24);5-8H,4H2,1-3H3. The number of esters is 1. The molecule has 0 aliphatic rings. The fourth-order valence-electron chi connectivity index (χ4n) is 3.35. The van der Waals surface area contributed by atoms with Crippen molar-refractivity contribution in [3.63, 3.8) is 0 Å². The number of benzene rings is 4. The molecule has 0 radical (unpaired) electrons. The minimum atomic E-state index is -0.487. The first-order chi connectivity index (χ1) is 19.0. The Morgan fingerprint density at radius 1 is 0.872 bits per heavy atom. The van der Waals surface area contributed by atoms with E-state index in [0.29, 0.717) is 30.0 Å². The molecule has 202 valence electrons. The number of hydrogen-bond donors (Lipinski definition) is 1. The normalized spacial score (nSPS) is 10.3. The summed E-state index contributed by atoms with van der Waals surface area (Å²) in [5, 5.41) is 2.56. The van der Waals surface area contributed by atoms with Gasteiger partial charge >= 0.3 is 5.97 Å². The summed E-state index contributed by atoms with van der Waals surface area (Å²) in [6, 6.07) is 32.5. The number of nitrogens with zero attached hydrogens (tertiary/aromatic N) is 1. The van der Waals surface area contributed by atoms with Crippen LogP contribution in [0.2, 0.25) is 0 Å². The zero-order valence-corrected chi connectivity index (χ0v) is 23.3. The van der Waals surface area contributed by atoms with E-state index in [4.69, 9.17) is 9.47 Å². The van der Waals surface area contributed by atoms with Crippen molar-refractivity contribution in [3.05, 3.63) is 125 Å². The molecular weight excluding hydrogens is 508 g/mol. The van der Waals surface area contributed by atoms with Crippen LogP contribution < -0.4 is 10.1 Å². The SMILES string of the molecule is CCN(C)Sc1ccc(C)cc1.O=CNc1ccc(C(=O)OCc2ccccc2)c(OCc2ccccc2)c1. The maximum Gasteiger partial charge on any atom is 0.342 e. The first-order valence-corrected chi connectivity index (χ1v) is 13.4. The molecule has 0 aromatic heterocycles. The Kier molecular flexibility index (Phi) is 12.1. The lowest BCUT2D eigenvalue weighted by Gasteiger charge is -2.13. The van der Waals surface area contributed by atoms with Crippen LogP contribution in [-0.2, 0) is 22.7 Å². The van der Waals surface area contributed by atoms with Crippen molar-refractivity contribution in [2.24, 2.45) is 0 Å². The molecule has 1 N–H and O–H groups in total. The topological polar surface area (TPSA) is 67.9 Å². The highest BCUT2D eigenvalue weighted by Crippen LogP contribution is 2.26. The molecule has 0 bridgehead atoms. The van der Waals surface area contributed by atoms with Crippen molar-refractivity contribution in [1.82, 2.24) is 4.31 Å². The van der Waals surface area contributed by atoms with Gasteiger partial charge in [0.25, 0.3) is 0 Å². The van der Waals surface area contributed by atoms with Gasteiger partial charge in [-0.3, -0.25) is 4.79 Å². The first kappa shape index (κ1) is 29.5. The second kappa shape index (κ2) is 16.0. The molecule has 0 saturated carbocycles. The Labute approximate surface area is 235 Å². The number of rotatable bonds is 11. The maximum absolute atomic E-state index is 12.5. The fourth-order valence-corrected chi connectivity index (χ4v) is 4.09. The van der Waals surface area contributed by atoms with E-state index in [-0.39, 0.29) is 6.61 Å². The molecule has 4 aromatic carbocycles. The lowest BCUT2D eigenvalue weighted by molar-refractivity contribution is -0.105. The van der Waals surface area contributed by atoms with Gasteiger partial charge in [-0.15, -0.1) is 0 Å². The highest BCUT2D eigenvalue weighted by molar-refractivity contribution is 7.97. The summed E-state index contributed by atoms with van der Waals surface area (Å²) in [5.41, 5.74) is 4.02. The van der Waals surface area contributed by atoms with Gasteiger partial charge in [-0.25, -0.2) is 9.10 Å². The number of ether oxygens (including phenoxy) is 2. The molecule has 0 unspecified atom stereocenters. The molecule has 6 nitrogen and oxygen atoms in total. The molecule has 0 heterocycles. The number of nitrogens with one attached hydrogen (secondary N) is 1. The van der Waals surface area contributed by atoms with Crippen LogP contribution in [0.25, 0.3) is 0 Å². The van der Waals surface area contributed by atoms with Crippen LogP contribution in [0, 0.1) is 6.92 Å². The van der Waals surface area contributed by atoms with Crippen molar-refractivity contribution in [3.8, 4) is 5.75 Å². The van der Waals surface area contributed by atoms with Crippen LogP contribution >= 0.6 is 11.9 Å². The fraction of sp³-hybridized carbons (Fsp3) is 0.188. The van der Waals surface area contributed by atoms with Gasteiger partial charge in [-0.1, -0.05) is 85.3 Å². The molecule has 39 heavy (non-hydrogen) atoms. The van der Waals surface area contributed by atoms with Crippen LogP contribution in [0.1, 0.15) is 34.0 Å². The average molecular weight is 543 g/mol. The third-order valence-electron chi connectivity index (χ3n) is 5.60. The Morgan fingerprint density at radius 2 is 1.49 bits per heavy atom. The number of amides is 1. The van der Waals surface area contributed by atoms with Crippen LogP contribution in [0.3, 0.4) is 0 Å². The Hall–Kier alpha value is -4.07. The predicted molar refractivity (Wildman–Crippen MR) is 158 cm³/mol. The van der Waals surface area contributed by atoms with E-state index in [9.17, 15) is 9.59 Å². The van der Waals surface area contributed by atoms with Gasteiger partial charge in [-0.05, 0) is 61.3 Å². The summed E-state index contributed by atoms with van der Waals surface area (Å²) in [5.74, 6) is -0.136. The van der Waals surface area contributed by atoms with Gasteiger partial charge in [0.2, 0.25) is 6.41 Å². The number of carbonyl (C=O) groups is 2. The second-order valence-corrected chi connectivity index (χ2v) is 9.93. The third-order valence-corrected chi connectivity index (χ3v) is 6.66. The molecule has 4 aromatic rings. The number of anilines is 1. The Bertz CT molecular complexity index is 1300. The molecular formula is C32H34N2O4S. The molecule has 7 heteroatoms. The van der Waals surface area contributed by atoms with Gasteiger partial charge in [0.1, 0.15) is 24.5 Å². The summed E-state index contributed by atoms with van der Waals surface area (Å²) in [4.78, 5) is 24.5. The van der Waals surface area contributed by atoms with Crippen molar-refractivity contribution in [2.75, 3.05) is 18.9 Å². The monoisotopic (exact) mass is 542 g/mol. The number of aryl methyl sites for hydroxylation is 1. The second-order valence-electron chi connectivity index (χ2n) is 8.66. The molecule has 0 atom stereocenters. The molecule has 0 aliphatic heterocycles. The van der Waals surface area contributed by atoms with E-state index in [1.807, 2.05) is 60.7 Å². The smallest absolute Gasteiger partial charge is 0.342 e. The van der Waals surface area contributed by atoms with E-state index in [1.165, 1.54) is 10.5 Å². The quantitative estimate of drug-likeness (QED) is 0.123. The van der Waals surface area contributed by atoms with Crippen molar-refractivity contribution in [1.29, 1.82) is 0 Å². The first-order valence-electron chi connectivity index (χ1n) is 12.7. The van der Waals surface area contributed by atoms with E-state index >= 15 is 0 Å². The Morgan fingerprint density at radius 3 is 2.08 bits per heavy atom. The van der Waals surface area contributed by atoms with E-state index in [2.05, 4.69) is 54.8 Å². The molecule has 0 aliphatic carbocycles. The van der Waals surface area contributed by atoms with Gasteiger partial charge < -0.3 is 14.8 Å². The van der Waals surface area contributed by atoms with Crippen LogP contribution in [0.4, 0.5) is 5.69 Å². The van der Waals surface area contributed by atoms with E-state index in [1.54, 1.807) is 30.1 Å². The lowest BCUT2D eigenvalue weighted by atomic mass is 10.1. The third kappa shape index (κ3) is 10.3. The molecule has 0 saturated heterocycles. The summed E-state index contributed by atoms with van der Waals surface area (Å²) in [7, 11) is 2.10. The summed E-state index contributed by atoms with van der Waals surface area (Å²) in [6.45, 7) is 5.80. The van der Waals surface area contributed by atoms with Crippen LogP contribution in [-0.4, -0.2) is 30.3 Å². The zero-order valence-electron chi connectivity index (χ0n) is 22.5. The summed E-state index contributed by atoms with van der Waals surface area (Å²) >= 11 is 1.79. The summed E-state index contributed by atoms with van der Waals surface area (Å²) < 4.78 is 13.4. The minimum Gasteiger partial charge on any atom is -0.488 e. The van der Waals surface area contributed by atoms with Gasteiger partial charge in [-0.2, -0.15) is 0 Å². The maximum atomic E-state index is 12.5.